The maximum absolute atomic E-state index is 9.78. The zero-order valence-corrected chi connectivity index (χ0v) is 14.0. The van der Waals surface area contributed by atoms with Gasteiger partial charge in [0.2, 0.25) is 5.95 Å². The summed E-state index contributed by atoms with van der Waals surface area (Å²) in [6.45, 7) is 1.08. The highest BCUT2D eigenvalue weighted by molar-refractivity contribution is 5.64. The lowest BCUT2D eigenvalue weighted by molar-refractivity contribution is 0.324. The van der Waals surface area contributed by atoms with Crippen molar-refractivity contribution < 1.29 is 0 Å². The molecule has 126 valence electrons. The molecule has 2 aliphatic carbocycles. The first-order chi connectivity index (χ1) is 12.2. The Morgan fingerprint density at radius 2 is 1.96 bits per heavy atom. The maximum atomic E-state index is 9.78. The highest BCUT2D eigenvalue weighted by atomic mass is 15.3. The molecule has 25 heavy (non-hydrogen) atoms. The van der Waals surface area contributed by atoms with Crippen LogP contribution in [0.5, 0.6) is 0 Å². The summed E-state index contributed by atoms with van der Waals surface area (Å²) in [4.78, 5) is 15.5. The van der Waals surface area contributed by atoms with Gasteiger partial charge in [-0.2, -0.15) is 5.26 Å². The molecule has 2 aromatic heterocycles. The van der Waals surface area contributed by atoms with Gasteiger partial charge in [-0.1, -0.05) is 0 Å². The molecule has 0 radical (unpaired) electrons. The first-order valence-electron chi connectivity index (χ1n) is 8.95. The molecule has 2 aromatic rings. The topological polar surface area (TPSA) is 91.7 Å². The van der Waals surface area contributed by atoms with Crippen LogP contribution in [0.3, 0.4) is 0 Å². The minimum atomic E-state index is -0.357. The van der Waals surface area contributed by atoms with Crippen LogP contribution in [0.2, 0.25) is 0 Å². The van der Waals surface area contributed by atoms with Gasteiger partial charge < -0.3 is 10.6 Å². The SMILES string of the molecule is N#CC1(c2cc(-c3cnc(N)nc3)nc(N3CC4CC3C4)c2)CCC1. The largest absolute Gasteiger partial charge is 0.368 e. The van der Waals surface area contributed by atoms with Crippen molar-refractivity contribution in [2.75, 3.05) is 17.2 Å². The van der Waals surface area contributed by atoms with Crippen molar-refractivity contribution in [1.29, 1.82) is 5.26 Å². The Hall–Kier alpha value is -2.68. The number of fused-ring (bicyclic) bond motifs is 1. The smallest absolute Gasteiger partial charge is 0.219 e. The summed E-state index contributed by atoms with van der Waals surface area (Å²) in [5.74, 6) is 2.07. The maximum Gasteiger partial charge on any atom is 0.219 e. The van der Waals surface area contributed by atoms with E-state index >= 15 is 0 Å². The van der Waals surface area contributed by atoms with Gasteiger partial charge in [-0.3, -0.25) is 0 Å². The van der Waals surface area contributed by atoms with E-state index in [0.717, 1.165) is 54.4 Å². The fraction of sp³-hybridized carbons (Fsp3) is 0.474. The zero-order chi connectivity index (χ0) is 17.0. The van der Waals surface area contributed by atoms with Crippen LogP contribution >= 0.6 is 0 Å². The molecule has 4 fully saturated rings. The third-order valence-corrected chi connectivity index (χ3v) is 6.15. The lowest BCUT2D eigenvalue weighted by Gasteiger charge is -2.36. The molecule has 0 atom stereocenters. The first-order valence-corrected chi connectivity index (χ1v) is 8.95. The van der Waals surface area contributed by atoms with Crippen LogP contribution in [0.15, 0.2) is 24.5 Å². The summed E-state index contributed by atoms with van der Waals surface area (Å²) in [5, 5.41) is 9.78. The van der Waals surface area contributed by atoms with E-state index in [4.69, 9.17) is 10.7 Å². The van der Waals surface area contributed by atoms with Crippen molar-refractivity contribution in [1.82, 2.24) is 15.0 Å². The number of nitrogens with zero attached hydrogens (tertiary/aromatic N) is 5. The van der Waals surface area contributed by atoms with E-state index < -0.39 is 0 Å². The van der Waals surface area contributed by atoms with Gasteiger partial charge in [0.15, 0.2) is 0 Å². The zero-order valence-electron chi connectivity index (χ0n) is 14.0. The number of anilines is 2. The van der Waals surface area contributed by atoms with E-state index in [2.05, 4.69) is 27.0 Å². The second-order valence-electron chi connectivity index (χ2n) is 7.62. The molecule has 0 spiro atoms. The van der Waals surface area contributed by atoms with Gasteiger partial charge >= 0.3 is 0 Å². The van der Waals surface area contributed by atoms with Crippen LogP contribution in [-0.2, 0) is 5.41 Å². The normalized spacial score (nSPS) is 25.8. The molecule has 6 rings (SSSR count). The van der Waals surface area contributed by atoms with Crippen LogP contribution in [0, 0.1) is 17.2 Å². The molecule has 2 aliphatic heterocycles. The van der Waals surface area contributed by atoms with E-state index in [1.807, 2.05) is 6.07 Å². The van der Waals surface area contributed by atoms with Crippen molar-refractivity contribution in [3.8, 4) is 17.3 Å². The Balaban J connectivity index is 1.62. The monoisotopic (exact) mass is 332 g/mol. The molecule has 2 saturated heterocycles. The van der Waals surface area contributed by atoms with Crippen molar-refractivity contribution in [2.24, 2.45) is 5.92 Å². The summed E-state index contributed by atoms with van der Waals surface area (Å²) >= 11 is 0. The number of rotatable bonds is 3. The van der Waals surface area contributed by atoms with Crippen molar-refractivity contribution in [2.45, 2.75) is 43.6 Å². The lowest BCUT2D eigenvalue weighted by atomic mass is 9.65. The molecule has 0 amide bonds. The number of nitrogen functional groups attached to an aromatic ring is 1. The second kappa shape index (κ2) is 5.16. The van der Waals surface area contributed by atoms with Crippen molar-refractivity contribution in [3.63, 3.8) is 0 Å². The molecule has 2 N–H and O–H groups in total. The molecule has 0 aromatic carbocycles. The molecule has 6 nitrogen and oxygen atoms in total. The van der Waals surface area contributed by atoms with Crippen LogP contribution in [0.25, 0.3) is 11.3 Å². The number of hydrogen-bond acceptors (Lipinski definition) is 6. The number of pyridine rings is 1. The van der Waals surface area contributed by atoms with E-state index in [0.29, 0.717) is 6.04 Å². The lowest BCUT2D eigenvalue weighted by Crippen LogP contribution is -2.34. The van der Waals surface area contributed by atoms with Crippen LogP contribution in [0.1, 0.15) is 37.7 Å². The highest BCUT2D eigenvalue weighted by Crippen LogP contribution is 2.47. The standard InChI is InChI=1S/C19H20N6/c20-11-19(2-1-3-19)14-6-16(13-8-22-18(21)23-9-13)24-17(7-14)25-10-12-4-15(25)5-12/h6-9,12,15H,1-5,10H2,(H2,21,22,23). The Bertz CT molecular complexity index is 858. The Morgan fingerprint density at radius 3 is 2.52 bits per heavy atom. The molecule has 2 bridgehead atoms. The number of hydrogen-bond donors (Lipinski definition) is 1. The summed E-state index contributed by atoms with van der Waals surface area (Å²) in [5.41, 5.74) is 8.02. The summed E-state index contributed by atoms with van der Waals surface area (Å²) in [7, 11) is 0. The molecule has 2 saturated carbocycles. The molecule has 4 aliphatic rings. The van der Waals surface area contributed by atoms with Crippen molar-refractivity contribution in [3.05, 3.63) is 30.1 Å². The van der Waals surface area contributed by atoms with E-state index in [1.54, 1.807) is 12.4 Å². The Morgan fingerprint density at radius 1 is 1.20 bits per heavy atom. The number of nitrogens with two attached hydrogens (primary N) is 1. The van der Waals surface area contributed by atoms with Gasteiger partial charge in [0.25, 0.3) is 0 Å². The number of nitriles is 1. The fourth-order valence-electron chi connectivity index (χ4n) is 4.36. The van der Waals surface area contributed by atoms with Crippen LogP contribution < -0.4 is 10.6 Å². The predicted molar refractivity (Wildman–Crippen MR) is 94.7 cm³/mol. The van der Waals surface area contributed by atoms with Gasteiger partial charge in [-0.25, -0.2) is 15.0 Å². The summed E-state index contributed by atoms with van der Waals surface area (Å²) in [6, 6.07) is 7.36. The van der Waals surface area contributed by atoms with Crippen LogP contribution in [0.4, 0.5) is 11.8 Å². The van der Waals surface area contributed by atoms with E-state index in [1.165, 1.54) is 12.8 Å². The molecule has 4 heterocycles. The summed E-state index contributed by atoms with van der Waals surface area (Å²) < 4.78 is 0. The van der Waals surface area contributed by atoms with Crippen LogP contribution in [-0.4, -0.2) is 27.5 Å². The summed E-state index contributed by atoms with van der Waals surface area (Å²) in [6.07, 6.45) is 8.93. The molecular formula is C19H20N6. The Kier molecular flexibility index (Phi) is 3.02. The minimum Gasteiger partial charge on any atom is -0.368 e. The van der Waals surface area contributed by atoms with Gasteiger partial charge in [0, 0.05) is 30.5 Å². The molecule has 6 heteroatoms. The van der Waals surface area contributed by atoms with Gasteiger partial charge in [-0.15, -0.1) is 0 Å². The van der Waals surface area contributed by atoms with Crippen molar-refractivity contribution >= 4 is 11.8 Å². The molecular weight excluding hydrogens is 312 g/mol. The quantitative estimate of drug-likeness (QED) is 0.929. The highest BCUT2D eigenvalue weighted by Gasteiger charge is 2.44. The van der Waals surface area contributed by atoms with Gasteiger partial charge in [0.1, 0.15) is 5.82 Å². The Labute approximate surface area is 146 Å². The fourth-order valence-corrected chi connectivity index (χ4v) is 4.36. The second-order valence-corrected chi connectivity index (χ2v) is 7.62. The average molecular weight is 332 g/mol. The average Bonchev–Trinajstić information content (AvgIpc) is 3.15. The predicted octanol–water partition coefficient (Wildman–Crippen LogP) is 2.66. The van der Waals surface area contributed by atoms with Gasteiger partial charge in [-0.05, 0) is 55.7 Å². The van der Waals surface area contributed by atoms with E-state index in [-0.39, 0.29) is 11.4 Å². The third kappa shape index (κ3) is 2.19. The van der Waals surface area contributed by atoms with Gasteiger partial charge in [0.05, 0.1) is 17.2 Å². The third-order valence-electron chi connectivity index (χ3n) is 6.15. The van der Waals surface area contributed by atoms with E-state index in [9.17, 15) is 5.26 Å². The molecule has 0 unspecified atom stereocenters. The first kappa shape index (κ1) is 14.6. The number of aromatic nitrogens is 3. The minimum absolute atomic E-state index is 0.257.